The molecule has 0 amide bonds. The summed E-state index contributed by atoms with van der Waals surface area (Å²) in [6.45, 7) is 7.69. The predicted molar refractivity (Wildman–Crippen MR) is 59.7 cm³/mol. The molecular formula is C12H20O2. The minimum atomic E-state index is 0.403. The molecule has 0 aromatic heterocycles. The zero-order chi connectivity index (χ0) is 10.8. The van der Waals surface area contributed by atoms with E-state index in [1.807, 2.05) is 39.0 Å². The topological polar surface area (TPSA) is 29.5 Å². The molecule has 0 heterocycles. The highest BCUT2D eigenvalue weighted by atomic mass is 16.5. The van der Waals surface area contributed by atoms with Crippen LogP contribution in [0, 0.1) is 0 Å². The number of aryl methyl sites for hydroxylation is 1. The van der Waals surface area contributed by atoms with Crippen molar-refractivity contribution in [3.63, 3.8) is 0 Å². The Bertz CT molecular complexity index is 232. The lowest BCUT2D eigenvalue weighted by atomic mass is 10.1. The summed E-state index contributed by atoms with van der Waals surface area (Å²) in [5.41, 5.74) is 1.01. The van der Waals surface area contributed by atoms with Crippen LogP contribution in [0.2, 0.25) is 0 Å². The molecule has 14 heavy (non-hydrogen) atoms. The monoisotopic (exact) mass is 196 g/mol. The van der Waals surface area contributed by atoms with E-state index in [0.717, 1.165) is 25.2 Å². The van der Waals surface area contributed by atoms with Gasteiger partial charge in [-0.25, -0.2) is 0 Å². The number of benzene rings is 1. The fourth-order valence-electron chi connectivity index (χ4n) is 1.01. The minimum absolute atomic E-state index is 0.403. The van der Waals surface area contributed by atoms with Gasteiger partial charge >= 0.3 is 0 Å². The molecule has 1 N–H and O–H groups in total. The number of para-hydroxylation sites is 1. The Labute approximate surface area is 86.5 Å². The Morgan fingerprint density at radius 2 is 1.64 bits per heavy atom. The first-order valence-corrected chi connectivity index (χ1v) is 5.10. The molecule has 0 fully saturated rings. The van der Waals surface area contributed by atoms with Crippen molar-refractivity contribution < 1.29 is 9.84 Å². The summed E-state index contributed by atoms with van der Waals surface area (Å²) in [5.74, 6) is 0.403. The molecule has 0 aliphatic carbocycles. The maximum absolute atomic E-state index is 9.11. The van der Waals surface area contributed by atoms with Gasteiger partial charge in [-0.2, -0.15) is 0 Å². The van der Waals surface area contributed by atoms with Gasteiger partial charge < -0.3 is 9.84 Å². The maximum Gasteiger partial charge on any atom is 0.118 e. The van der Waals surface area contributed by atoms with Crippen molar-refractivity contribution in [3.8, 4) is 5.75 Å². The molecule has 0 bridgehead atoms. The van der Waals surface area contributed by atoms with Gasteiger partial charge in [-0.05, 0) is 31.9 Å². The molecule has 0 radical (unpaired) electrons. The van der Waals surface area contributed by atoms with E-state index in [2.05, 4.69) is 0 Å². The van der Waals surface area contributed by atoms with Gasteiger partial charge in [0.1, 0.15) is 5.75 Å². The van der Waals surface area contributed by atoms with E-state index in [1.165, 1.54) is 0 Å². The Morgan fingerprint density at radius 1 is 1.07 bits per heavy atom. The predicted octanol–water partition coefficient (Wildman–Crippen LogP) is 3.00. The van der Waals surface area contributed by atoms with Crippen LogP contribution < -0.4 is 0 Å². The van der Waals surface area contributed by atoms with Crippen LogP contribution in [0.15, 0.2) is 24.3 Å². The molecule has 0 aliphatic rings. The molecule has 0 saturated carbocycles. The van der Waals surface area contributed by atoms with E-state index in [-0.39, 0.29) is 0 Å². The largest absolute Gasteiger partial charge is 0.508 e. The van der Waals surface area contributed by atoms with Gasteiger partial charge in [-0.1, -0.05) is 25.1 Å². The number of phenolic OH excluding ortho intramolecular Hbond substituents is 1. The second-order valence-electron chi connectivity index (χ2n) is 2.76. The van der Waals surface area contributed by atoms with Crippen LogP contribution in [0.4, 0.5) is 0 Å². The summed E-state index contributed by atoms with van der Waals surface area (Å²) in [7, 11) is 0. The number of hydrogen-bond acceptors (Lipinski definition) is 2. The molecule has 1 aromatic rings. The van der Waals surface area contributed by atoms with Gasteiger partial charge in [0.25, 0.3) is 0 Å². The molecule has 0 aliphatic heterocycles. The van der Waals surface area contributed by atoms with Crippen molar-refractivity contribution in [2.75, 3.05) is 13.2 Å². The van der Waals surface area contributed by atoms with Gasteiger partial charge in [-0.3, -0.25) is 0 Å². The Kier molecular flexibility index (Phi) is 7.95. The Balaban J connectivity index is 0.000000292. The first kappa shape index (κ1) is 13.0. The lowest BCUT2D eigenvalue weighted by molar-refractivity contribution is 0.162. The molecule has 0 atom stereocenters. The van der Waals surface area contributed by atoms with E-state index in [0.29, 0.717) is 5.75 Å². The highest BCUT2D eigenvalue weighted by molar-refractivity contribution is 5.31. The molecule has 0 saturated heterocycles. The van der Waals surface area contributed by atoms with E-state index in [1.54, 1.807) is 6.07 Å². The van der Waals surface area contributed by atoms with Crippen LogP contribution in [-0.4, -0.2) is 18.3 Å². The molecule has 1 rings (SSSR count). The summed E-state index contributed by atoms with van der Waals surface area (Å²) in [5, 5.41) is 9.11. The molecular weight excluding hydrogens is 176 g/mol. The fraction of sp³-hybridized carbons (Fsp3) is 0.500. The highest BCUT2D eigenvalue weighted by Crippen LogP contribution is 2.14. The number of rotatable bonds is 3. The van der Waals surface area contributed by atoms with Gasteiger partial charge in [0.05, 0.1) is 0 Å². The van der Waals surface area contributed by atoms with Crippen LogP contribution in [-0.2, 0) is 11.2 Å². The zero-order valence-corrected chi connectivity index (χ0v) is 9.29. The zero-order valence-electron chi connectivity index (χ0n) is 9.29. The maximum atomic E-state index is 9.11. The van der Waals surface area contributed by atoms with Crippen LogP contribution >= 0.6 is 0 Å². The molecule has 0 spiro atoms. The van der Waals surface area contributed by atoms with Crippen LogP contribution in [0.1, 0.15) is 26.3 Å². The Morgan fingerprint density at radius 3 is 1.93 bits per heavy atom. The molecule has 1 aromatic carbocycles. The van der Waals surface area contributed by atoms with Crippen molar-refractivity contribution in [1.29, 1.82) is 0 Å². The summed E-state index contributed by atoms with van der Waals surface area (Å²) in [6, 6.07) is 7.39. The minimum Gasteiger partial charge on any atom is -0.508 e. The summed E-state index contributed by atoms with van der Waals surface area (Å²) >= 11 is 0. The third-order valence-corrected chi connectivity index (χ3v) is 1.78. The van der Waals surface area contributed by atoms with Crippen molar-refractivity contribution in [1.82, 2.24) is 0 Å². The van der Waals surface area contributed by atoms with Crippen LogP contribution in [0.3, 0.4) is 0 Å². The molecule has 2 nitrogen and oxygen atoms in total. The van der Waals surface area contributed by atoms with E-state index in [9.17, 15) is 0 Å². The van der Waals surface area contributed by atoms with Crippen molar-refractivity contribution in [3.05, 3.63) is 29.8 Å². The number of hydrogen-bond donors (Lipinski definition) is 1. The average Bonchev–Trinajstić information content (AvgIpc) is 2.21. The van der Waals surface area contributed by atoms with Gasteiger partial charge in [0.15, 0.2) is 0 Å². The summed E-state index contributed by atoms with van der Waals surface area (Å²) < 4.78 is 4.83. The van der Waals surface area contributed by atoms with Gasteiger partial charge in [0, 0.05) is 13.2 Å². The third kappa shape index (κ3) is 5.60. The van der Waals surface area contributed by atoms with Crippen LogP contribution in [0.5, 0.6) is 5.75 Å². The number of phenols is 1. The van der Waals surface area contributed by atoms with Gasteiger partial charge in [0.2, 0.25) is 0 Å². The number of aromatic hydroxyl groups is 1. The first-order chi connectivity index (χ1) is 6.76. The molecule has 0 unspecified atom stereocenters. The summed E-state index contributed by atoms with van der Waals surface area (Å²) in [6.07, 6.45) is 0.896. The van der Waals surface area contributed by atoms with Crippen molar-refractivity contribution >= 4 is 0 Å². The fourth-order valence-corrected chi connectivity index (χ4v) is 1.01. The molecule has 2 heteroatoms. The second-order valence-corrected chi connectivity index (χ2v) is 2.76. The summed E-state index contributed by atoms with van der Waals surface area (Å²) in [4.78, 5) is 0. The standard InChI is InChI=1S/C8H10O.C4H10O/c1-2-7-5-3-4-6-8(7)9;1-3-5-4-2/h3-6,9H,2H2,1H3;3-4H2,1-2H3. The molecule has 80 valence electrons. The SMILES string of the molecule is CCOCC.CCc1ccccc1O. The van der Waals surface area contributed by atoms with Crippen molar-refractivity contribution in [2.24, 2.45) is 0 Å². The third-order valence-electron chi connectivity index (χ3n) is 1.78. The lowest BCUT2D eigenvalue weighted by Gasteiger charge is -1.97. The number of ether oxygens (including phenoxy) is 1. The highest BCUT2D eigenvalue weighted by Gasteiger charge is 1.92. The lowest BCUT2D eigenvalue weighted by Crippen LogP contribution is -1.84. The average molecular weight is 196 g/mol. The Hall–Kier alpha value is -1.02. The van der Waals surface area contributed by atoms with Crippen molar-refractivity contribution in [2.45, 2.75) is 27.2 Å². The quantitative estimate of drug-likeness (QED) is 0.805. The van der Waals surface area contributed by atoms with E-state index < -0.39 is 0 Å². The van der Waals surface area contributed by atoms with Gasteiger partial charge in [-0.15, -0.1) is 0 Å². The first-order valence-electron chi connectivity index (χ1n) is 5.10. The van der Waals surface area contributed by atoms with Crippen LogP contribution in [0.25, 0.3) is 0 Å². The normalized spacial score (nSPS) is 9.07. The smallest absolute Gasteiger partial charge is 0.118 e. The van der Waals surface area contributed by atoms with E-state index >= 15 is 0 Å². The van der Waals surface area contributed by atoms with E-state index in [4.69, 9.17) is 9.84 Å². The second kappa shape index (κ2) is 8.57.